The van der Waals surface area contributed by atoms with Gasteiger partial charge in [-0.2, -0.15) is 0 Å². The van der Waals surface area contributed by atoms with E-state index in [-0.39, 0.29) is 38.8 Å². The Hall–Kier alpha value is -2.84. The van der Waals surface area contributed by atoms with Crippen LogP contribution in [-0.4, -0.2) is 49.9 Å². The van der Waals surface area contributed by atoms with Crippen LogP contribution in [0.25, 0.3) is 0 Å². The van der Waals surface area contributed by atoms with E-state index in [0.717, 1.165) is 83.5 Å². The number of ether oxygens (including phenoxy) is 2. The van der Waals surface area contributed by atoms with Gasteiger partial charge in [-0.25, -0.2) is 4.57 Å². The molecule has 0 fully saturated rings. The molecule has 0 aliphatic carbocycles. The van der Waals surface area contributed by atoms with Gasteiger partial charge in [0, 0.05) is 19.6 Å². The largest absolute Gasteiger partial charge is 0.472 e. The molecule has 0 radical (unpaired) electrons. The van der Waals surface area contributed by atoms with E-state index in [1.54, 1.807) is 0 Å². The maximum Gasteiger partial charge on any atom is 0.472 e. The first-order chi connectivity index (χ1) is 30.4. The van der Waals surface area contributed by atoms with Crippen molar-refractivity contribution in [1.82, 2.24) is 0 Å². The van der Waals surface area contributed by atoms with Gasteiger partial charge in [-0.1, -0.05) is 181 Å². The molecule has 0 aromatic heterocycles. The average molecular weight is 884 g/mol. The summed E-state index contributed by atoms with van der Waals surface area (Å²) in [5.41, 5.74) is 5.38. The maximum absolute atomic E-state index is 12.6. The standard InChI is InChI=1S/C53H90NO7P/c1-3-5-7-9-11-13-15-17-19-21-23-24-25-26-27-28-29-30-32-34-36-38-40-42-44-46-53(55)61-52(51-60-62(56,57)59-49-47-54)50-58-48-45-43-41-39-37-35-33-31-22-20-18-16-14-12-10-8-6-4-2/h5,7,11-14,17-20,23-24,26-27,29-30,34,36,52H,3-4,6,8-10,15-16,21-22,25,28,31-33,35,37-51,54H2,1-2H3,(H,56,57)/b7-5-,13-11-,14-12-,19-17-,20-18-,24-23-,27-26-,30-29-,36-34-. The Morgan fingerprint density at radius 1 is 0.500 bits per heavy atom. The Labute approximate surface area is 380 Å². The number of rotatable bonds is 45. The lowest BCUT2D eigenvalue weighted by Gasteiger charge is -2.20. The normalized spacial score (nSPS) is 14.3. The quantitative estimate of drug-likeness (QED) is 0.0269. The lowest BCUT2D eigenvalue weighted by Crippen LogP contribution is -2.28. The van der Waals surface area contributed by atoms with Crippen molar-refractivity contribution in [2.24, 2.45) is 5.73 Å². The van der Waals surface area contributed by atoms with Gasteiger partial charge in [-0.3, -0.25) is 13.8 Å². The fourth-order valence-corrected chi connectivity index (χ4v) is 6.89. The zero-order chi connectivity index (χ0) is 45.1. The van der Waals surface area contributed by atoms with Crippen molar-refractivity contribution in [2.45, 2.75) is 187 Å². The van der Waals surface area contributed by atoms with Crippen molar-refractivity contribution < 1.29 is 32.8 Å². The first-order valence-corrected chi connectivity index (χ1v) is 25.9. The van der Waals surface area contributed by atoms with Crippen LogP contribution < -0.4 is 5.73 Å². The summed E-state index contributed by atoms with van der Waals surface area (Å²) in [7, 11) is -4.30. The van der Waals surface area contributed by atoms with E-state index < -0.39 is 13.9 Å². The molecule has 0 aliphatic rings. The van der Waals surface area contributed by atoms with E-state index in [0.29, 0.717) is 13.0 Å². The van der Waals surface area contributed by atoms with E-state index >= 15 is 0 Å². The van der Waals surface area contributed by atoms with Crippen LogP contribution in [0.2, 0.25) is 0 Å². The molecule has 0 saturated carbocycles. The fourth-order valence-electron chi connectivity index (χ4n) is 6.12. The Morgan fingerprint density at radius 3 is 1.35 bits per heavy atom. The van der Waals surface area contributed by atoms with Gasteiger partial charge in [0.2, 0.25) is 0 Å². The molecule has 0 spiro atoms. The number of hydrogen-bond acceptors (Lipinski definition) is 7. The van der Waals surface area contributed by atoms with E-state index in [1.165, 1.54) is 70.6 Å². The minimum atomic E-state index is -4.30. The molecule has 0 aromatic rings. The highest BCUT2D eigenvalue weighted by Crippen LogP contribution is 2.43. The molecule has 9 heteroatoms. The third-order valence-electron chi connectivity index (χ3n) is 9.67. The summed E-state index contributed by atoms with van der Waals surface area (Å²) in [6, 6.07) is 0. The number of carbonyl (C=O) groups excluding carboxylic acids is 1. The van der Waals surface area contributed by atoms with Gasteiger partial charge in [0.05, 0.1) is 19.8 Å². The molecule has 62 heavy (non-hydrogen) atoms. The number of allylic oxidation sites excluding steroid dienone is 18. The van der Waals surface area contributed by atoms with E-state index in [4.69, 9.17) is 24.3 Å². The van der Waals surface area contributed by atoms with Gasteiger partial charge < -0.3 is 20.1 Å². The maximum atomic E-state index is 12.6. The number of nitrogens with two attached hydrogens (primary N) is 1. The molecule has 354 valence electrons. The third-order valence-corrected chi connectivity index (χ3v) is 10.7. The second-order valence-electron chi connectivity index (χ2n) is 15.6. The average Bonchev–Trinajstić information content (AvgIpc) is 3.26. The molecule has 0 bridgehead atoms. The number of phosphoric ester groups is 1. The smallest absolute Gasteiger partial charge is 0.457 e. The second kappa shape index (κ2) is 49.2. The highest BCUT2D eigenvalue weighted by Gasteiger charge is 2.25. The summed E-state index contributed by atoms with van der Waals surface area (Å²) in [5.74, 6) is -0.368. The molecule has 0 rings (SSSR count). The predicted octanol–water partition coefficient (Wildman–Crippen LogP) is 15.2. The van der Waals surface area contributed by atoms with Crippen molar-refractivity contribution in [3.63, 3.8) is 0 Å². The van der Waals surface area contributed by atoms with Gasteiger partial charge in [-0.15, -0.1) is 0 Å². The Balaban J connectivity index is 4.11. The number of hydrogen-bond donors (Lipinski definition) is 2. The van der Waals surface area contributed by atoms with E-state index in [9.17, 15) is 14.3 Å². The SMILES string of the molecule is CC/C=C\C/C=C\C/C=C\C/C=C\C/C=C\C/C=C\C/C=C\CCCCCC(=O)OC(COCCCCCCCCCC/C=C\C/C=C\CCCCC)COP(=O)(O)OCCN. The van der Waals surface area contributed by atoms with Crippen LogP contribution in [0, 0.1) is 0 Å². The third kappa shape index (κ3) is 48.2. The van der Waals surface area contributed by atoms with Crippen LogP contribution in [0.1, 0.15) is 181 Å². The zero-order valence-electron chi connectivity index (χ0n) is 39.3. The molecule has 3 N–H and O–H groups in total. The summed E-state index contributed by atoms with van der Waals surface area (Å²) in [6.07, 6.45) is 66.8. The first-order valence-electron chi connectivity index (χ1n) is 24.4. The molecular formula is C53H90NO7P. The highest BCUT2D eigenvalue weighted by molar-refractivity contribution is 7.47. The van der Waals surface area contributed by atoms with Crippen LogP contribution in [0.3, 0.4) is 0 Å². The lowest BCUT2D eigenvalue weighted by atomic mass is 10.1. The summed E-state index contributed by atoms with van der Waals surface area (Å²) < 4.78 is 33.5. The lowest BCUT2D eigenvalue weighted by molar-refractivity contribution is -0.154. The van der Waals surface area contributed by atoms with Crippen LogP contribution in [-0.2, 0) is 27.9 Å². The summed E-state index contributed by atoms with van der Waals surface area (Å²) in [6.45, 7) is 4.70. The molecule has 2 atom stereocenters. The van der Waals surface area contributed by atoms with Crippen molar-refractivity contribution in [1.29, 1.82) is 0 Å². The van der Waals surface area contributed by atoms with Gasteiger partial charge in [0.15, 0.2) is 0 Å². The molecule has 0 aromatic carbocycles. The molecule has 2 unspecified atom stereocenters. The molecule has 8 nitrogen and oxygen atoms in total. The van der Waals surface area contributed by atoms with Crippen LogP contribution >= 0.6 is 7.82 Å². The predicted molar refractivity (Wildman–Crippen MR) is 265 cm³/mol. The summed E-state index contributed by atoms with van der Waals surface area (Å²) in [5, 5.41) is 0. The van der Waals surface area contributed by atoms with Crippen molar-refractivity contribution >= 4 is 13.8 Å². The van der Waals surface area contributed by atoms with Gasteiger partial charge >= 0.3 is 13.8 Å². The fraction of sp³-hybridized carbons (Fsp3) is 0.642. The molecule has 0 heterocycles. The van der Waals surface area contributed by atoms with Gasteiger partial charge in [0.1, 0.15) is 6.10 Å². The number of carbonyl (C=O) groups is 1. The number of unbranched alkanes of at least 4 members (excludes halogenated alkanes) is 14. The van der Waals surface area contributed by atoms with Crippen LogP contribution in [0.15, 0.2) is 109 Å². The summed E-state index contributed by atoms with van der Waals surface area (Å²) in [4.78, 5) is 22.6. The Bertz CT molecular complexity index is 1310. The van der Waals surface area contributed by atoms with Gasteiger partial charge in [-0.05, 0) is 103 Å². The zero-order valence-corrected chi connectivity index (χ0v) is 40.2. The monoisotopic (exact) mass is 884 g/mol. The summed E-state index contributed by atoms with van der Waals surface area (Å²) >= 11 is 0. The van der Waals surface area contributed by atoms with Crippen molar-refractivity contribution in [2.75, 3.05) is 33.0 Å². The minimum absolute atomic E-state index is 0.0872. The van der Waals surface area contributed by atoms with Crippen LogP contribution in [0.5, 0.6) is 0 Å². The number of phosphoric acid groups is 1. The molecular weight excluding hydrogens is 794 g/mol. The van der Waals surface area contributed by atoms with E-state index in [2.05, 4.69) is 123 Å². The van der Waals surface area contributed by atoms with Gasteiger partial charge in [0.25, 0.3) is 0 Å². The van der Waals surface area contributed by atoms with Crippen LogP contribution in [0.4, 0.5) is 0 Å². The molecule has 0 aliphatic heterocycles. The molecule has 0 saturated heterocycles. The number of esters is 1. The topological polar surface area (TPSA) is 117 Å². The Kier molecular flexibility index (Phi) is 46.9. The van der Waals surface area contributed by atoms with Crippen molar-refractivity contribution in [3.8, 4) is 0 Å². The first kappa shape index (κ1) is 59.2. The van der Waals surface area contributed by atoms with E-state index in [1.807, 2.05) is 0 Å². The highest BCUT2D eigenvalue weighted by atomic mass is 31.2. The Morgan fingerprint density at radius 2 is 0.903 bits per heavy atom. The minimum Gasteiger partial charge on any atom is -0.457 e. The van der Waals surface area contributed by atoms with Crippen molar-refractivity contribution in [3.05, 3.63) is 109 Å². The molecule has 0 amide bonds. The second-order valence-corrected chi connectivity index (χ2v) is 17.0.